The van der Waals surface area contributed by atoms with Gasteiger partial charge in [-0.3, -0.25) is 0 Å². The molecule has 8 heteroatoms. The number of benzene rings is 2. The molecule has 0 fully saturated rings. The number of rotatable bonds is 4. The zero-order valence-corrected chi connectivity index (χ0v) is 13.0. The number of aromatic nitrogens is 2. The Labute approximate surface area is 145 Å². The first-order valence-corrected chi connectivity index (χ1v) is 7.45. The highest BCUT2D eigenvalue weighted by molar-refractivity contribution is 5.93. The molecule has 2 aromatic carbocycles. The van der Waals surface area contributed by atoms with Gasteiger partial charge in [-0.15, -0.1) is 0 Å². The molecular weight excluding hydrogens is 340 g/mol. The highest BCUT2D eigenvalue weighted by atomic mass is 16.4. The van der Waals surface area contributed by atoms with Gasteiger partial charge in [0.2, 0.25) is 11.8 Å². The molecule has 0 saturated carbocycles. The molecule has 0 saturated heterocycles. The first-order chi connectivity index (χ1) is 12.5. The fourth-order valence-electron chi connectivity index (χ4n) is 2.44. The van der Waals surface area contributed by atoms with E-state index < -0.39 is 11.9 Å². The normalized spacial score (nSPS) is 11.5. The highest BCUT2D eigenvalue weighted by Crippen LogP contribution is 2.21. The van der Waals surface area contributed by atoms with Crippen LogP contribution in [0.1, 0.15) is 32.5 Å². The summed E-state index contributed by atoms with van der Waals surface area (Å²) in [5.74, 6) is -1.56. The van der Waals surface area contributed by atoms with E-state index in [2.05, 4.69) is 9.97 Å². The lowest BCUT2D eigenvalue weighted by Crippen LogP contribution is -1.94. The summed E-state index contributed by atoms with van der Waals surface area (Å²) in [6.45, 7) is 0. The van der Waals surface area contributed by atoms with Crippen LogP contribution in [-0.4, -0.2) is 32.1 Å². The minimum absolute atomic E-state index is 0.120. The highest BCUT2D eigenvalue weighted by Gasteiger charge is 2.10. The fourth-order valence-corrected chi connectivity index (χ4v) is 2.44. The van der Waals surface area contributed by atoms with E-state index in [1.165, 1.54) is 48.6 Å². The second-order valence-electron chi connectivity index (χ2n) is 5.41. The van der Waals surface area contributed by atoms with Crippen molar-refractivity contribution in [3.05, 3.63) is 59.3 Å². The summed E-state index contributed by atoms with van der Waals surface area (Å²) in [6.07, 6.45) is 3.06. The third kappa shape index (κ3) is 2.80. The summed E-state index contributed by atoms with van der Waals surface area (Å²) in [5.41, 5.74) is 2.00. The monoisotopic (exact) mass is 350 g/mol. The van der Waals surface area contributed by atoms with Gasteiger partial charge in [0.15, 0.2) is 11.2 Å². The lowest BCUT2D eigenvalue weighted by atomic mass is 10.2. The molecule has 4 aromatic rings. The van der Waals surface area contributed by atoms with Crippen molar-refractivity contribution in [3.8, 4) is 0 Å². The summed E-state index contributed by atoms with van der Waals surface area (Å²) >= 11 is 0. The van der Waals surface area contributed by atoms with Gasteiger partial charge in [-0.05, 0) is 36.4 Å². The molecule has 26 heavy (non-hydrogen) atoms. The van der Waals surface area contributed by atoms with Gasteiger partial charge >= 0.3 is 11.9 Å². The fraction of sp³-hybridized carbons (Fsp3) is 0. The van der Waals surface area contributed by atoms with E-state index in [4.69, 9.17) is 19.0 Å². The zero-order valence-electron chi connectivity index (χ0n) is 13.0. The minimum Gasteiger partial charge on any atom is -0.478 e. The van der Waals surface area contributed by atoms with Crippen LogP contribution in [0.3, 0.4) is 0 Å². The Balaban J connectivity index is 1.65. The van der Waals surface area contributed by atoms with Crippen molar-refractivity contribution >= 4 is 46.3 Å². The lowest BCUT2D eigenvalue weighted by Gasteiger charge is -1.91. The molecule has 0 radical (unpaired) electrons. The molecule has 2 heterocycles. The lowest BCUT2D eigenvalue weighted by molar-refractivity contribution is 0.0686. The molecule has 0 bridgehead atoms. The van der Waals surface area contributed by atoms with Crippen LogP contribution in [-0.2, 0) is 0 Å². The molecular formula is C18H10N2O6. The van der Waals surface area contributed by atoms with Crippen LogP contribution < -0.4 is 0 Å². The number of oxazole rings is 2. The van der Waals surface area contributed by atoms with Crippen LogP contribution in [0, 0.1) is 0 Å². The molecule has 8 nitrogen and oxygen atoms in total. The molecule has 0 unspecified atom stereocenters. The van der Waals surface area contributed by atoms with Crippen molar-refractivity contribution in [2.24, 2.45) is 0 Å². The number of nitrogens with zero attached hydrogens (tertiary/aromatic N) is 2. The van der Waals surface area contributed by atoms with Crippen LogP contribution in [0.2, 0.25) is 0 Å². The number of fused-ring (bicyclic) bond motifs is 2. The van der Waals surface area contributed by atoms with Gasteiger partial charge in [-0.1, -0.05) is 0 Å². The van der Waals surface area contributed by atoms with Crippen molar-refractivity contribution in [1.82, 2.24) is 9.97 Å². The smallest absolute Gasteiger partial charge is 0.335 e. The molecule has 128 valence electrons. The molecule has 0 amide bonds. The Bertz CT molecular complexity index is 1110. The summed E-state index contributed by atoms with van der Waals surface area (Å²) in [5, 5.41) is 18.0. The first kappa shape index (κ1) is 15.6. The number of carboxylic acids is 2. The van der Waals surface area contributed by atoms with Gasteiger partial charge in [0.05, 0.1) is 11.1 Å². The van der Waals surface area contributed by atoms with Crippen LogP contribution >= 0.6 is 0 Å². The average Bonchev–Trinajstić information content (AvgIpc) is 3.21. The molecule has 0 atom stereocenters. The molecule has 0 spiro atoms. The van der Waals surface area contributed by atoms with E-state index in [9.17, 15) is 9.59 Å². The predicted octanol–water partition coefficient (Wildman–Crippen LogP) is 3.54. The van der Waals surface area contributed by atoms with E-state index in [-0.39, 0.29) is 22.9 Å². The van der Waals surface area contributed by atoms with Crippen LogP contribution in [0.5, 0.6) is 0 Å². The SMILES string of the molecule is O=C(O)c1ccc2oc(C=Cc3nc4cc(C(=O)O)ccc4o3)nc2c1. The van der Waals surface area contributed by atoms with Gasteiger partial charge in [0, 0.05) is 12.2 Å². The molecule has 4 rings (SSSR count). The summed E-state index contributed by atoms with van der Waals surface area (Å²) in [7, 11) is 0. The van der Waals surface area contributed by atoms with Crippen LogP contribution in [0.15, 0.2) is 45.2 Å². The number of hydrogen-bond acceptors (Lipinski definition) is 6. The Morgan fingerprint density at radius 3 is 1.58 bits per heavy atom. The molecule has 0 aliphatic carbocycles. The van der Waals surface area contributed by atoms with Gasteiger partial charge < -0.3 is 19.0 Å². The van der Waals surface area contributed by atoms with Crippen molar-refractivity contribution < 1.29 is 28.6 Å². The van der Waals surface area contributed by atoms with Gasteiger partial charge in [-0.2, -0.15) is 0 Å². The van der Waals surface area contributed by atoms with E-state index in [0.29, 0.717) is 22.2 Å². The Morgan fingerprint density at radius 1 is 0.769 bits per heavy atom. The average molecular weight is 350 g/mol. The van der Waals surface area contributed by atoms with Crippen LogP contribution in [0.4, 0.5) is 0 Å². The number of carboxylic acid groups (broad SMARTS) is 2. The predicted molar refractivity (Wildman–Crippen MR) is 90.9 cm³/mol. The van der Waals surface area contributed by atoms with E-state index in [1.54, 1.807) is 0 Å². The van der Waals surface area contributed by atoms with Crippen molar-refractivity contribution in [2.75, 3.05) is 0 Å². The maximum absolute atomic E-state index is 11.0. The Morgan fingerprint density at radius 2 is 1.19 bits per heavy atom. The molecule has 2 aromatic heterocycles. The maximum atomic E-state index is 11.0. The molecule has 0 aliphatic rings. The second kappa shape index (κ2) is 5.85. The summed E-state index contributed by atoms with van der Waals surface area (Å²) in [6, 6.07) is 8.79. The number of carbonyl (C=O) groups is 2. The van der Waals surface area contributed by atoms with E-state index >= 15 is 0 Å². The number of aromatic carboxylic acids is 2. The van der Waals surface area contributed by atoms with Crippen molar-refractivity contribution in [3.63, 3.8) is 0 Å². The van der Waals surface area contributed by atoms with Gasteiger partial charge in [-0.25, -0.2) is 19.6 Å². The molecule has 0 aliphatic heterocycles. The first-order valence-electron chi connectivity index (χ1n) is 7.45. The summed E-state index contributed by atoms with van der Waals surface area (Å²) < 4.78 is 11.0. The largest absolute Gasteiger partial charge is 0.478 e. The van der Waals surface area contributed by atoms with Crippen molar-refractivity contribution in [1.29, 1.82) is 0 Å². The minimum atomic E-state index is -1.04. The third-order valence-corrected chi connectivity index (χ3v) is 3.67. The standard InChI is InChI=1S/C18H10N2O6/c21-17(22)9-1-3-13-11(7-9)19-15(25-13)5-6-16-20-12-8-10(18(23)24)2-4-14(12)26-16/h1-8H,(H,21,22)(H,23,24). The quantitative estimate of drug-likeness (QED) is 0.572. The van der Waals surface area contributed by atoms with Gasteiger partial charge in [0.25, 0.3) is 0 Å². The molecule has 2 N–H and O–H groups in total. The zero-order chi connectivity index (χ0) is 18.3. The van der Waals surface area contributed by atoms with E-state index in [0.717, 1.165) is 0 Å². The van der Waals surface area contributed by atoms with E-state index in [1.807, 2.05) is 0 Å². The number of hydrogen-bond donors (Lipinski definition) is 2. The third-order valence-electron chi connectivity index (χ3n) is 3.67. The maximum Gasteiger partial charge on any atom is 0.335 e. The summed E-state index contributed by atoms with van der Waals surface area (Å²) in [4.78, 5) is 30.4. The van der Waals surface area contributed by atoms with Crippen molar-refractivity contribution in [2.45, 2.75) is 0 Å². The topological polar surface area (TPSA) is 127 Å². The Kier molecular flexibility index (Phi) is 3.51. The van der Waals surface area contributed by atoms with Crippen LogP contribution in [0.25, 0.3) is 34.4 Å². The van der Waals surface area contributed by atoms with Gasteiger partial charge in [0.1, 0.15) is 11.0 Å². The Hall–Kier alpha value is -3.94. The second-order valence-corrected chi connectivity index (χ2v) is 5.41.